The van der Waals surface area contributed by atoms with E-state index in [2.05, 4.69) is 19.6 Å². The lowest BCUT2D eigenvalue weighted by Gasteiger charge is -2.25. The van der Waals surface area contributed by atoms with Gasteiger partial charge in [0.15, 0.2) is 0 Å². The molecule has 4 nitrogen and oxygen atoms in total. The molecule has 1 aliphatic heterocycles. The van der Waals surface area contributed by atoms with Crippen LogP contribution in [0, 0.1) is 0 Å². The SMILES string of the molecule is Clc1nc(N2CCNCC2)ns1. The normalized spacial score (nSPS) is 18.2. The molecule has 0 radical (unpaired) electrons. The fraction of sp³-hybridized carbons (Fsp3) is 0.667. The van der Waals surface area contributed by atoms with Crippen molar-refractivity contribution in [2.45, 2.75) is 0 Å². The molecular weight excluding hydrogens is 196 g/mol. The van der Waals surface area contributed by atoms with Crippen molar-refractivity contribution in [3.05, 3.63) is 4.47 Å². The molecule has 1 fully saturated rings. The van der Waals surface area contributed by atoms with Crippen LogP contribution in [0.3, 0.4) is 0 Å². The van der Waals surface area contributed by atoms with E-state index in [0.29, 0.717) is 4.47 Å². The molecule has 0 unspecified atom stereocenters. The van der Waals surface area contributed by atoms with Gasteiger partial charge in [-0.3, -0.25) is 0 Å². The minimum Gasteiger partial charge on any atom is -0.337 e. The van der Waals surface area contributed by atoms with Crippen molar-refractivity contribution < 1.29 is 0 Å². The van der Waals surface area contributed by atoms with Crippen molar-refractivity contribution in [2.24, 2.45) is 0 Å². The van der Waals surface area contributed by atoms with E-state index in [4.69, 9.17) is 11.6 Å². The van der Waals surface area contributed by atoms with Gasteiger partial charge >= 0.3 is 0 Å². The van der Waals surface area contributed by atoms with Gasteiger partial charge in [0.25, 0.3) is 0 Å². The van der Waals surface area contributed by atoms with Gasteiger partial charge in [-0.25, -0.2) is 0 Å². The molecule has 0 spiro atoms. The van der Waals surface area contributed by atoms with Gasteiger partial charge in [0.1, 0.15) is 0 Å². The second kappa shape index (κ2) is 3.55. The highest BCUT2D eigenvalue weighted by molar-refractivity contribution is 7.10. The van der Waals surface area contributed by atoms with E-state index in [1.807, 2.05) is 0 Å². The van der Waals surface area contributed by atoms with Gasteiger partial charge in [-0.1, -0.05) is 0 Å². The zero-order valence-corrected chi connectivity index (χ0v) is 8.03. The second-order valence-corrected chi connectivity index (χ2v) is 3.92. The molecule has 1 aromatic heterocycles. The van der Waals surface area contributed by atoms with Crippen LogP contribution < -0.4 is 10.2 Å². The molecule has 1 N–H and O–H groups in total. The lowest BCUT2D eigenvalue weighted by atomic mass is 10.4. The van der Waals surface area contributed by atoms with Gasteiger partial charge in [0, 0.05) is 37.7 Å². The first-order valence-electron chi connectivity index (χ1n) is 3.81. The molecular formula is C6H9ClN4S. The molecule has 2 heterocycles. The molecule has 0 bridgehead atoms. The van der Waals surface area contributed by atoms with Crippen LogP contribution in [0.2, 0.25) is 4.47 Å². The van der Waals surface area contributed by atoms with E-state index < -0.39 is 0 Å². The molecule has 2 rings (SSSR count). The quantitative estimate of drug-likeness (QED) is 0.728. The first-order valence-corrected chi connectivity index (χ1v) is 4.96. The highest BCUT2D eigenvalue weighted by atomic mass is 35.5. The third-order valence-corrected chi connectivity index (χ3v) is 2.58. The number of piperazine rings is 1. The predicted octanol–water partition coefficient (Wildman–Crippen LogP) is 0.601. The van der Waals surface area contributed by atoms with Gasteiger partial charge < -0.3 is 10.2 Å². The molecule has 6 heteroatoms. The fourth-order valence-corrected chi connectivity index (χ4v) is 1.81. The first kappa shape index (κ1) is 8.22. The van der Waals surface area contributed by atoms with Crippen LogP contribution >= 0.6 is 23.1 Å². The lowest BCUT2D eigenvalue weighted by Crippen LogP contribution is -2.43. The monoisotopic (exact) mass is 204 g/mol. The number of nitrogens with one attached hydrogen (secondary N) is 1. The minimum absolute atomic E-state index is 0.517. The van der Waals surface area contributed by atoms with Gasteiger partial charge in [-0.15, -0.1) is 0 Å². The average Bonchev–Trinajstić information content (AvgIpc) is 2.54. The Bertz CT molecular complexity index is 258. The Labute approximate surface area is 79.7 Å². The number of rotatable bonds is 1. The summed E-state index contributed by atoms with van der Waals surface area (Å²) in [6, 6.07) is 0. The largest absolute Gasteiger partial charge is 0.337 e. The molecule has 0 saturated carbocycles. The number of nitrogens with zero attached hydrogens (tertiary/aromatic N) is 3. The van der Waals surface area contributed by atoms with Crippen molar-refractivity contribution >= 4 is 29.1 Å². The molecule has 66 valence electrons. The average molecular weight is 205 g/mol. The highest BCUT2D eigenvalue weighted by Crippen LogP contribution is 2.17. The van der Waals surface area contributed by atoms with Gasteiger partial charge in [0.05, 0.1) is 0 Å². The third kappa shape index (κ3) is 1.68. The number of aromatic nitrogens is 2. The van der Waals surface area contributed by atoms with E-state index >= 15 is 0 Å². The van der Waals surface area contributed by atoms with E-state index in [0.717, 1.165) is 32.1 Å². The van der Waals surface area contributed by atoms with E-state index in [1.165, 1.54) is 11.5 Å². The summed E-state index contributed by atoms with van der Waals surface area (Å²) in [5.41, 5.74) is 0. The van der Waals surface area contributed by atoms with Crippen LogP contribution in [0.4, 0.5) is 5.95 Å². The number of halogens is 1. The van der Waals surface area contributed by atoms with E-state index in [9.17, 15) is 0 Å². The number of hydrogen-bond donors (Lipinski definition) is 1. The summed E-state index contributed by atoms with van der Waals surface area (Å²) in [6.45, 7) is 3.92. The molecule has 0 atom stereocenters. The highest BCUT2D eigenvalue weighted by Gasteiger charge is 2.14. The zero-order valence-electron chi connectivity index (χ0n) is 6.46. The lowest BCUT2D eigenvalue weighted by molar-refractivity contribution is 0.582. The Morgan fingerprint density at radius 3 is 2.75 bits per heavy atom. The van der Waals surface area contributed by atoms with Crippen molar-refractivity contribution in [2.75, 3.05) is 31.1 Å². The molecule has 0 aliphatic carbocycles. The first-order chi connectivity index (χ1) is 5.86. The number of anilines is 1. The summed E-state index contributed by atoms with van der Waals surface area (Å²) >= 11 is 6.92. The number of hydrogen-bond acceptors (Lipinski definition) is 5. The predicted molar refractivity (Wildman–Crippen MR) is 50.0 cm³/mol. The van der Waals surface area contributed by atoms with Crippen LogP contribution in [0.5, 0.6) is 0 Å². The summed E-state index contributed by atoms with van der Waals surface area (Å²) in [6.07, 6.45) is 0. The van der Waals surface area contributed by atoms with Crippen molar-refractivity contribution in [1.29, 1.82) is 0 Å². The van der Waals surface area contributed by atoms with Crippen molar-refractivity contribution in [3.63, 3.8) is 0 Å². The topological polar surface area (TPSA) is 41.1 Å². The maximum Gasteiger partial charge on any atom is 0.238 e. The van der Waals surface area contributed by atoms with Crippen LogP contribution in [0.1, 0.15) is 0 Å². The van der Waals surface area contributed by atoms with Gasteiger partial charge in [-0.05, 0) is 11.6 Å². The zero-order chi connectivity index (χ0) is 8.39. The molecule has 0 amide bonds. The Kier molecular flexibility index (Phi) is 2.43. The Morgan fingerprint density at radius 2 is 2.17 bits per heavy atom. The van der Waals surface area contributed by atoms with Crippen LogP contribution in [0.15, 0.2) is 0 Å². The van der Waals surface area contributed by atoms with Gasteiger partial charge in [-0.2, -0.15) is 9.36 Å². The maximum atomic E-state index is 5.68. The Morgan fingerprint density at radius 1 is 1.42 bits per heavy atom. The summed E-state index contributed by atoms with van der Waals surface area (Å²) in [5.74, 6) is 0.770. The molecule has 1 aliphatic rings. The molecule has 12 heavy (non-hydrogen) atoms. The second-order valence-electron chi connectivity index (χ2n) is 2.58. The van der Waals surface area contributed by atoms with Crippen LogP contribution in [0.25, 0.3) is 0 Å². The molecule has 1 aromatic rings. The van der Waals surface area contributed by atoms with E-state index in [-0.39, 0.29) is 0 Å². The van der Waals surface area contributed by atoms with Gasteiger partial charge in [0.2, 0.25) is 10.4 Å². The summed E-state index contributed by atoms with van der Waals surface area (Å²) < 4.78 is 4.65. The van der Waals surface area contributed by atoms with E-state index in [1.54, 1.807) is 0 Å². The molecule has 1 saturated heterocycles. The smallest absolute Gasteiger partial charge is 0.238 e. The fourth-order valence-electron chi connectivity index (χ4n) is 1.19. The van der Waals surface area contributed by atoms with Crippen molar-refractivity contribution in [3.8, 4) is 0 Å². The van der Waals surface area contributed by atoms with Crippen LogP contribution in [-0.2, 0) is 0 Å². The summed E-state index contributed by atoms with van der Waals surface area (Å²) in [5, 5.41) is 3.26. The third-order valence-electron chi connectivity index (χ3n) is 1.79. The standard InChI is InChI=1S/C6H9ClN4S/c7-5-9-6(10-12-5)11-3-1-8-2-4-11/h8H,1-4H2. The maximum absolute atomic E-state index is 5.68. The van der Waals surface area contributed by atoms with Crippen LogP contribution in [-0.4, -0.2) is 35.5 Å². The van der Waals surface area contributed by atoms with Crippen molar-refractivity contribution in [1.82, 2.24) is 14.7 Å². The summed E-state index contributed by atoms with van der Waals surface area (Å²) in [7, 11) is 0. The minimum atomic E-state index is 0.517. The summed E-state index contributed by atoms with van der Waals surface area (Å²) in [4.78, 5) is 6.24. The Hall–Kier alpha value is -0.390. The Balaban J connectivity index is 2.08. The molecule has 0 aromatic carbocycles.